The summed E-state index contributed by atoms with van der Waals surface area (Å²) in [7, 11) is 0. The number of rotatable bonds is 4. The Morgan fingerprint density at radius 1 is 1.26 bits per heavy atom. The van der Waals surface area contributed by atoms with Crippen LogP contribution >= 0.6 is 38.6 Å². The highest BCUT2D eigenvalue weighted by molar-refractivity contribution is 9.10. The fourth-order valence-corrected chi connectivity index (χ4v) is 4.51. The number of hydrogen-bond donors (Lipinski definition) is 1. The van der Waals surface area contributed by atoms with Gasteiger partial charge in [-0.1, -0.05) is 18.2 Å². The molecule has 0 spiro atoms. The van der Waals surface area contributed by atoms with Gasteiger partial charge in [0.15, 0.2) is 0 Å². The molecule has 0 radical (unpaired) electrons. The molecule has 1 atom stereocenters. The second kappa shape index (κ2) is 5.75. The van der Waals surface area contributed by atoms with Crippen LogP contribution in [0.2, 0.25) is 0 Å². The number of nitrogens with one attached hydrogen (secondary N) is 1. The van der Waals surface area contributed by atoms with Crippen molar-refractivity contribution >= 4 is 48.7 Å². The van der Waals surface area contributed by atoms with E-state index in [1.807, 2.05) is 11.3 Å². The van der Waals surface area contributed by atoms with E-state index in [4.69, 9.17) is 0 Å². The molecule has 1 nitrogen and oxygen atoms in total. The fraction of sp³-hybridized carbons (Fsp3) is 0.200. The minimum absolute atomic E-state index is 0.387. The van der Waals surface area contributed by atoms with Crippen LogP contribution in [0.15, 0.2) is 46.3 Å². The van der Waals surface area contributed by atoms with Crippen molar-refractivity contribution in [1.82, 2.24) is 5.32 Å². The monoisotopic (exact) mass is 351 g/mol. The summed E-state index contributed by atoms with van der Waals surface area (Å²) in [6.45, 7) is 3.15. The Kier molecular flexibility index (Phi) is 4.03. The summed E-state index contributed by atoms with van der Waals surface area (Å²) in [5.41, 5.74) is 0. The van der Waals surface area contributed by atoms with Crippen molar-refractivity contribution in [1.29, 1.82) is 0 Å². The summed E-state index contributed by atoms with van der Waals surface area (Å²) in [6, 6.07) is 13.4. The van der Waals surface area contributed by atoms with Crippen LogP contribution in [0.5, 0.6) is 0 Å². The molecule has 0 aliphatic heterocycles. The van der Waals surface area contributed by atoms with E-state index in [0.717, 1.165) is 6.54 Å². The van der Waals surface area contributed by atoms with E-state index in [1.165, 1.54) is 24.3 Å². The average molecular weight is 352 g/mol. The molecule has 0 bridgehead atoms. The summed E-state index contributed by atoms with van der Waals surface area (Å²) in [4.78, 5) is 2.76. The van der Waals surface area contributed by atoms with Crippen LogP contribution in [0.3, 0.4) is 0 Å². The zero-order valence-electron chi connectivity index (χ0n) is 10.5. The van der Waals surface area contributed by atoms with E-state index in [1.54, 1.807) is 11.3 Å². The van der Waals surface area contributed by atoms with E-state index in [-0.39, 0.29) is 0 Å². The molecule has 1 unspecified atom stereocenters. The Labute approximate surface area is 129 Å². The van der Waals surface area contributed by atoms with Crippen molar-refractivity contribution in [2.24, 2.45) is 0 Å². The molecule has 1 aromatic carbocycles. The highest BCUT2D eigenvalue weighted by Crippen LogP contribution is 2.30. The second-order valence-corrected chi connectivity index (χ2v) is 7.55. The van der Waals surface area contributed by atoms with Gasteiger partial charge in [-0.15, -0.1) is 22.7 Å². The van der Waals surface area contributed by atoms with Gasteiger partial charge in [0.25, 0.3) is 0 Å². The minimum Gasteiger partial charge on any atom is -0.305 e. The first kappa shape index (κ1) is 13.3. The molecule has 4 heteroatoms. The molecule has 19 heavy (non-hydrogen) atoms. The normalized spacial score (nSPS) is 12.9. The number of halogens is 1. The lowest BCUT2D eigenvalue weighted by Crippen LogP contribution is -2.16. The maximum Gasteiger partial charge on any atom is 0.0389 e. The third kappa shape index (κ3) is 3.08. The summed E-state index contributed by atoms with van der Waals surface area (Å²) >= 11 is 7.16. The Morgan fingerprint density at radius 3 is 2.84 bits per heavy atom. The molecular weight excluding hydrogens is 338 g/mol. The third-order valence-corrected chi connectivity index (χ3v) is 6.07. The number of benzene rings is 1. The van der Waals surface area contributed by atoms with Crippen LogP contribution in [0.1, 0.15) is 22.7 Å². The van der Waals surface area contributed by atoms with Gasteiger partial charge in [-0.3, -0.25) is 0 Å². The van der Waals surface area contributed by atoms with Gasteiger partial charge in [-0.25, -0.2) is 0 Å². The first-order valence-electron chi connectivity index (χ1n) is 6.17. The molecule has 2 aromatic heterocycles. The summed E-state index contributed by atoms with van der Waals surface area (Å²) in [5, 5.41) is 7.06. The SMILES string of the molecule is CC(NCc1cc(Br)cs1)c1cc2ccccc2s1. The summed E-state index contributed by atoms with van der Waals surface area (Å²) < 4.78 is 2.54. The quantitative estimate of drug-likeness (QED) is 0.647. The highest BCUT2D eigenvalue weighted by Gasteiger charge is 2.09. The van der Waals surface area contributed by atoms with Crippen LogP contribution in [0.25, 0.3) is 10.1 Å². The molecule has 2 heterocycles. The van der Waals surface area contributed by atoms with Gasteiger partial charge in [0.2, 0.25) is 0 Å². The van der Waals surface area contributed by atoms with Gasteiger partial charge in [-0.2, -0.15) is 0 Å². The zero-order valence-corrected chi connectivity index (χ0v) is 13.7. The molecular formula is C15H14BrNS2. The van der Waals surface area contributed by atoms with E-state index in [2.05, 4.69) is 69.9 Å². The van der Waals surface area contributed by atoms with Gasteiger partial charge in [0.05, 0.1) is 0 Å². The van der Waals surface area contributed by atoms with Crippen molar-refractivity contribution in [3.63, 3.8) is 0 Å². The Morgan fingerprint density at radius 2 is 2.11 bits per heavy atom. The van der Waals surface area contributed by atoms with E-state index >= 15 is 0 Å². The van der Waals surface area contributed by atoms with Crippen molar-refractivity contribution in [2.75, 3.05) is 0 Å². The Balaban J connectivity index is 1.71. The van der Waals surface area contributed by atoms with Crippen molar-refractivity contribution in [3.05, 3.63) is 56.0 Å². The van der Waals surface area contributed by atoms with Gasteiger partial charge in [0.1, 0.15) is 0 Å². The molecule has 0 fully saturated rings. The summed E-state index contributed by atoms with van der Waals surface area (Å²) in [5.74, 6) is 0. The predicted molar refractivity (Wildman–Crippen MR) is 89.1 cm³/mol. The van der Waals surface area contributed by atoms with Crippen LogP contribution in [0, 0.1) is 0 Å². The molecule has 0 saturated carbocycles. The molecule has 0 amide bonds. The first-order valence-corrected chi connectivity index (χ1v) is 8.66. The van der Waals surface area contributed by atoms with Crippen molar-refractivity contribution < 1.29 is 0 Å². The number of thiophene rings is 2. The van der Waals surface area contributed by atoms with Crippen LogP contribution in [-0.2, 0) is 6.54 Å². The maximum atomic E-state index is 3.59. The lowest BCUT2D eigenvalue weighted by atomic mass is 10.2. The van der Waals surface area contributed by atoms with Gasteiger partial charge in [0, 0.05) is 36.9 Å². The number of fused-ring (bicyclic) bond motifs is 1. The molecule has 0 saturated heterocycles. The van der Waals surface area contributed by atoms with Gasteiger partial charge < -0.3 is 5.32 Å². The van der Waals surface area contributed by atoms with Crippen molar-refractivity contribution in [3.8, 4) is 0 Å². The van der Waals surface area contributed by atoms with E-state index in [9.17, 15) is 0 Å². The smallest absolute Gasteiger partial charge is 0.0389 e. The zero-order chi connectivity index (χ0) is 13.2. The van der Waals surface area contributed by atoms with E-state index < -0.39 is 0 Å². The van der Waals surface area contributed by atoms with Gasteiger partial charge >= 0.3 is 0 Å². The molecule has 1 N–H and O–H groups in total. The third-order valence-electron chi connectivity index (χ3n) is 3.08. The molecule has 3 rings (SSSR count). The first-order chi connectivity index (χ1) is 9.22. The van der Waals surface area contributed by atoms with Crippen LogP contribution in [-0.4, -0.2) is 0 Å². The Hall–Kier alpha value is -0.680. The lowest BCUT2D eigenvalue weighted by Gasteiger charge is -2.10. The van der Waals surface area contributed by atoms with Crippen LogP contribution < -0.4 is 5.32 Å². The minimum atomic E-state index is 0.387. The fourth-order valence-electron chi connectivity index (χ4n) is 2.02. The van der Waals surface area contributed by atoms with E-state index in [0.29, 0.717) is 6.04 Å². The maximum absolute atomic E-state index is 3.59. The molecule has 0 aliphatic carbocycles. The molecule has 3 aromatic rings. The Bertz CT molecular complexity index is 653. The second-order valence-electron chi connectivity index (χ2n) is 4.52. The largest absolute Gasteiger partial charge is 0.305 e. The van der Waals surface area contributed by atoms with Crippen molar-refractivity contribution in [2.45, 2.75) is 19.5 Å². The highest BCUT2D eigenvalue weighted by atomic mass is 79.9. The summed E-state index contributed by atoms with van der Waals surface area (Å²) in [6.07, 6.45) is 0. The molecule has 0 aliphatic rings. The number of hydrogen-bond acceptors (Lipinski definition) is 3. The topological polar surface area (TPSA) is 12.0 Å². The lowest BCUT2D eigenvalue weighted by molar-refractivity contribution is 0.587. The van der Waals surface area contributed by atoms with Crippen LogP contribution in [0.4, 0.5) is 0 Å². The predicted octanol–water partition coefficient (Wildman–Crippen LogP) is 5.58. The van der Waals surface area contributed by atoms with Gasteiger partial charge in [-0.05, 0) is 46.4 Å². The standard InChI is InChI=1S/C15H14BrNS2/c1-10(17-8-13-7-12(16)9-18-13)15-6-11-4-2-3-5-14(11)19-15/h2-7,9-10,17H,8H2,1H3. The average Bonchev–Trinajstić information content (AvgIpc) is 3.01. The molecule has 98 valence electrons.